The van der Waals surface area contributed by atoms with Crippen molar-refractivity contribution < 1.29 is 9.90 Å². The summed E-state index contributed by atoms with van der Waals surface area (Å²) in [5, 5.41) is 13.4. The predicted molar refractivity (Wildman–Crippen MR) is 93.1 cm³/mol. The molecule has 2 rings (SSSR count). The maximum Gasteiger partial charge on any atom is 0.221 e. The highest BCUT2D eigenvalue weighted by molar-refractivity contribution is 5.76. The van der Waals surface area contributed by atoms with E-state index in [1.165, 1.54) is 0 Å². The van der Waals surface area contributed by atoms with E-state index in [1.54, 1.807) is 0 Å². The molecule has 2 N–H and O–H groups in total. The van der Waals surface area contributed by atoms with Crippen molar-refractivity contribution in [2.24, 2.45) is 0 Å². The second-order valence-corrected chi connectivity index (χ2v) is 6.93. The summed E-state index contributed by atoms with van der Waals surface area (Å²) in [6, 6.07) is 10.0. The van der Waals surface area contributed by atoms with E-state index in [2.05, 4.69) is 10.2 Å². The molecule has 1 atom stereocenters. The van der Waals surface area contributed by atoms with Crippen LogP contribution in [0, 0.1) is 0 Å². The van der Waals surface area contributed by atoms with Crippen LogP contribution in [-0.2, 0) is 4.79 Å². The van der Waals surface area contributed by atoms with Gasteiger partial charge in [0.1, 0.15) is 0 Å². The van der Waals surface area contributed by atoms with Gasteiger partial charge in [-0.05, 0) is 38.8 Å². The van der Waals surface area contributed by atoms with Crippen molar-refractivity contribution in [3.05, 3.63) is 35.9 Å². The minimum Gasteiger partial charge on any atom is -0.390 e. The minimum absolute atomic E-state index is 0.0354. The van der Waals surface area contributed by atoms with E-state index in [-0.39, 0.29) is 11.9 Å². The van der Waals surface area contributed by atoms with E-state index in [9.17, 15) is 9.90 Å². The fraction of sp³-hybridized carbons (Fsp3) is 0.632. The van der Waals surface area contributed by atoms with Gasteiger partial charge in [0.25, 0.3) is 0 Å². The van der Waals surface area contributed by atoms with Crippen molar-refractivity contribution in [2.45, 2.75) is 57.1 Å². The lowest BCUT2D eigenvalue weighted by Gasteiger charge is -2.25. The molecule has 128 valence electrons. The molecule has 1 aromatic carbocycles. The Morgan fingerprint density at radius 3 is 2.57 bits per heavy atom. The minimum atomic E-state index is -0.460. The second-order valence-electron chi connectivity index (χ2n) is 6.93. The SMILES string of the molecule is C[C@@H](NC(=O)CCN(C)CCC1(O)CCCC1)c1ccccc1. The molecule has 1 saturated carbocycles. The molecule has 0 unspecified atom stereocenters. The molecule has 1 aliphatic rings. The van der Waals surface area contributed by atoms with Crippen LogP contribution in [0.4, 0.5) is 0 Å². The number of nitrogens with zero attached hydrogens (tertiary/aromatic N) is 1. The van der Waals surface area contributed by atoms with Crippen LogP contribution in [0.15, 0.2) is 30.3 Å². The second kappa shape index (κ2) is 8.46. The summed E-state index contributed by atoms with van der Waals surface area (Å²) in [7, 11) is 2.02. The number of hydrogen-bond donors (Lipinski definition) is 2. The molecule has 0 aliphatic heterocycles. The Kier molecular flexibility index (Phi) is 6.60. The van der Waals surface area contributed by atoms with Gasteiger partial charge in [0.15, 0.2) is 0 Å². The molecule has 4 heteroatoms. The van der Waals surface area contributed by atoms with E-state index in [0.717, 1.165) is 50.8 Å². The Morgan fingerprint density at radius 1 is 1.26 bits per heavy atom. The van der Waals surface area contributed by atoms with Crippen LogP contribution >= 0.6 is 0 Å². The van der Waals surface area contributed by atoms with Crippen LogP contribution in [0.1, 0.15) is 57.1 Å². The van der Waals surface area contributed by atoms with E-state index in [4.69, 9.17) is 0 Å². The zero-order valence-corrected chi connectivity index (χ0v) is 14.4. The molecule has 0 heterocycles. The highest BCUT2D eigenvalue weighted by Gasteiger charge is 2.30. The molecule has 1 fully saturated rings. The first kappa shape index (κ1) is 18.0. The highest BCUT2D eigenvalue weighted by Crippen LogP contribution is 2.32. The smallest absolute Gasteiger partial charge is 0.221 e. The average Bonchev–Trinajstić information content (AvgIpc) is 2.99. The van der Waals surface area contributed by atoms with Gasteiger partial charge in [-0.3, -0.25) is 4.79 Å². The number of amides is 1. The number of hydrogen-bond acceptors (Lipinski definition) is 3. The maximum atomic E-state index is 12.1. The number of carbonyl (C=O) groups is 1. The van der Waals surface area contributed by atoms with Crippen LogP contribution in [0.3, 0.4) is 0 Å². The number of benzene rings is 1. The van der Waals surface area contributed by atoms with Crippen molar-refractivity contribution in [2.75, 3.05) is 20.1 Å². The number of rotatable bonds is 8. The quantitative estimate of drug-likeness (QED) is 0.775. The predicted octanol–water partition coefficient (Wildman–Crippen LogP) is 2.88. The zero-order chi connectivity index (χ0) is 16.7. The Hall–Kier alpha value is -1.39. The lowest BCUT2D eigenvalue weighted by molar-refractivity contribution is -0.122. The molecule has 4 nitrogen and oxygen atoms in total. The van der Waals surface area contributed by atoms with Gasteiger partial charge in [-0.2, -0.15) is 0 Å². The molecule has 0 aromatic heterocycles. The molecule has 1 aromatic rings. The lowest BCUT2D eigenvalue weighted by Crippen LogP contribution is -2.34. The first-order valence-electron chi connectivity index (χ1n) is 8.74. The summed E-state index contributed by atoms with van der Waals surface area (Å²) < 4.78 is 0. The van der Waals surface area contributed by atoms with E-state index >= 15 is 0 Å². The van der Waals surface area contributed by atoms with Crippen LogP contribution < -0.4 is 5.32 Å². The van der Waals surface area contributed by atoms with Crippen molar-refractivity contribution in [3.63, 3.8) is 0 Å². The van der Waals surface area contributed by atoms with Crippen LogP contribution in [0.2, 0.25) is 0 Å². The maximum absolute atomic E-state index is 12.1. The summed E-state index contributed by atoms with van der Waals surface area (Å²) in [6.45, 7) is 3.58. The third-order valence-electron chi connectivity index (χ3n) is 4.89. The average molecular weight is 318 g/mol. The Balaban J connectivity index is 1.65. The van der Waals surface area contributed by atoms with Crippen molar-refractivity contribution >= 4 is 5.91 Å². The Labute approximate surface area is 139 Å². The summed E-state index contributed by atoms with van der Waals surface area (Å²) in [5.41, 5.74) is 0.663. The van der Waals surface area contributed by atoms with Crippen LogP contribution in [0.25, 0.3) is 0 Å². The third kappa shape index (κ3) is 5.96. The monoisotopic (exact) mass is 318 g/mol. The summed E-state index contributed by atoms with van der Waals surface area (Å²) in [6.07, 6.45) is 5.43. The largest absolute Gasteiger partial charge is 0.390 e. The number of carbonyl (C=O) groups excluding carboxylic acids is 1. The molecule has 0 saturated heterocycles. The molecular formula is C19H30N2O2. The topological polar surface area (TPSA) is 52.6 Å². The molecule has 1 amide bonds. The Bertz CT molecular complexity index is 483. The molecule has 0 bridgehead atoms. The van der Waals surface area contributed by atoms with Gasteiger partial charge < -0.3 is 15.3 Å². The fourth-order valence-electron chi connectivity index (χ4n) is 3.22. The van der Waals surface area contributed by atoms with Gasteiger partial charge >= 0.3 is 0 Å². The lowest BCUT2D eigenvalue weighted by atomic mass is 9.98. The molecule has 0 radical (unpaired) electrons. The van der Waals surface area contributed by atoms with Crippen LogP contribution in [0.5, 0.6) is 0 Å². The van der Waals surface area contributed by atoms with E-state index in [0.29, 0.717) is 6.42 Å². The summed E-state index contributed by atoms with van der Waals surface area (Å²) in [4.78, 5) is 14.2. The van der Waals surface area contributed by atoms with E-state index in [1.807, 2.05) is 44.3 Å². The van der Waals surface area contributed by atoms with Gasteiger partial charge in [-0.25, -0.2) is 0 Å². The van der Waals surface area contributed by atoms with Crippen molar-refractivity contribution in [3.8, 4) is 0 Å². The molecule has 23 heavy (non-hydrogen) atoms. The standard InChI is InChI=1S/C19H30N2O2/c1-16(17-8-4-3-5-9-17)20-18(22)10-14-21(2)15-13-19(23)11-6-7-12-19/h3-5,8-9,16,23H,6-7,10-15H2,1-2H3,(H,20,22)/t16-/m1/s1. The van der Waals surface area contributed by atoms with Crippen LogP contribution in [-0.4, -0.2) is 41.7 Å². The number of nitrogens with one attached hydrogen (secondary N) is 1. The fourth-order valence-corrected chi connectivity index (χ4v) is 3.22. The first-order valence-corrected chi connectivity index (χ1v) is 8.74. The zero-order valence-electron chi connectivity index (χ0n) is 14.4. The summed E-state index contributed by atoms with van der Waals surface area (Å²) in [5.74, 6) is 0.0766. The summed E-state index contributed by atoms with van der Waals surface area (Å²) >= 11 is 0. The highest BCUT2D eigenvalue weighted by atomic mass is 16.3. The van der Waals surface area contributed by atoms with Gasteiger partial charge in [-0.15, -0.1) is 0 Å². The van der Waals surface area contributed by atoms with Gasteiger partial charge in [-0.1, -0.05) is 43.2 Å². The van der Waals surface area contributed by atoms with E-state index < -0.39 is 5.60 Å². The normalized spacial score (nSPS) is 18.1. The molecule has 1 aliphatic carbocycles. The third-order valence-corrected chi connectivity index (χ3v) is 4.89. The van der Waals surface area contributed by atoms with Gasteiger partial charge in [0.2, 0.25) is 5.91 Å². The Morgan fingerprint density at radius 2 is 1.91 bits per heavy atom. The van der Waals surface area contributed by atoms with Gasteiger partial charge in [0, 0.05) is 19.5 Å². The number of aliphatic hydroxyl groups is 1. The van der Waals surface area contributed by atoms with Gasteiger partial charge in [0.05, 0.1) is 11.6 Å². The van der Waals surface area contributed by atoms with Crippen molar-refractivity contribution in [1.29, 1.82) is 0 Å². The first-order chi connectivity index (χ1) is 11.0. The molecule has 0 spiro atoms. The molecular weight excluding hydrogens is 288 g/mol. The van der Waals surface area contributed by atoms with Crippen molar-refractivity contribution in [1.82, 2.24) is 10.2 Å².